The summed E-state index contributed by atoms with van der Waals surface area (Å²) in [6, 6.07) is 16.9. The summed E-state index contributed by atoms with van der Waals surface area (Å²) < 4.78 is 29.4. The minimum Gasteiger partial charge on any atom is -0.297 e. The number of rotatable bonds is 6. The molecule has 0 amide bonds. The van der Waals surface area contributed by atoms with Crippen molar-refractivity contribution in [1.82, 2.24) is 39.6 Å². The second-order valence-electron chi connectivity index (χ2n) is 6.52. The van der Waals surface area contributed by atoms with E-state index in [9.17, 15) is 8.78 Å². The Hall–Kier alpha value is -3.73. The average molecular weight is 436 g/mol. The highest BCUT2D eigenvalue weighted by Crippen LogP contribution is 2.29. The van der Waals surface area contributed by atoms with E-state index in [1.807, 2.05) is 47.0 Å². The molecule has 0 spiro atoms. The second-order valence-corrected chi connectivity index (χ2v) is 7.50. The molecule has 0 saturated carbocycles. The minimum absolute atomic E-state index is 0.253. The molecule has 0 aliphatic heterocycles. The van der Waals surface area contributed by atoms with Crippen LogP contribution in [0.3, 0.4) is 0 Å². The Labute approximate surface area is 179 Å². The molecule has 154 valence electrons. The van der Waals surface area contributed by atoms with E-state index in [-0.39, 0.29) is 5.65 Å². The van der Waals surface area contributed by atoms with Gasteiger partial charge >= 0.3 is 0 Å². The van der Waals surface area contributed by atoms with Crippen molar-refractivity contribution in [2.45, 2.75) is 23.2 Å². The summed E-state index contributed by atoms with van der Waals surface area (Å²) in [5.41, 5.74) is 2.19. The molecule has 4 aromatic heterocycles. The van der Waals surface area contributed by atoms with E-state index < -0.39 is 12.2 Å². The Morgan fingerprint density at radius 2 is 1.68 bits per heavy atom. The molecule has 0 radical (unpaired) electrons. The van der Waals surface area contributed by atoms with Gasteiger partial charge in [-0.1, -0.05) is 30.3 Å². The van der Waals surface area contributed by atoms with Crippen molar-refractivity contribution in [3.05, 3.63) is 78.4 Å². The lowest BCUT2D eigenvalue weighted by Crippen LogP contribution is -2.05. The Balaban J connectivity index is 1.55. The van der Waals surface area contributed by atoms with Gasteiger partial charge in [0.15, 0.2) is 16.6 Å². The van der Waals surface area contributed by atoms with Gasteiger partial charge in [-0.2, -0.15) is 9.61 Å². The third-order valence-electron chi connectivity index (χ3n) is 4.49. The van der Waals surface area contributed by atoms with Gasteiger partial charge in [-0.25, -0.2) is 8.78 Å². The van der Waals surface area contributed by atoms with Gasteiger partial charge in [0.25, 0.3) is 6.43 Å². The lowest BCUT2D eigenvalue weighted by molar-refractivity contribution is 0.137. The molecule has 0 saturated heterocycles. The molecule has 8 nitrogen and oxygen atoms in total. The first-order valence-corrected chi connectivity index (χ1v) is 10.1. The first-order chi connectivity index (χ1) is 15.2. The van der Waals surface area contributed by atoms with Crippen LogP contribution in [0.25, 0.3) is 17.0 Å². The van der Waals surface area contributed by atoms with E-state index in [0.29, 0.717) is 22.6 Å². The maximum Gasteiger partial charge on any atom is 0.299 e. The van der Waals surface area contributed by atoms with Crippen LogP contribution in [0, 0.1) is 0 Å². The number of nitrogens with zero attached hydrogens (tertiary/aromatic N) is 8. The van der Waals surface area contributed by atoms with Gasteiger partial charge in [-0.15, -0.1) is 20.4 Å². The van der Waals surface area contributed by atoms with E-state index in [1.165, 1.54) is 11.8 Å². The molecular weight excluding hydrogens is 422 g/mol. The van der Waals surface area contributed by atoms with Crippen LogP contribution in [0.5, 0.6) is 0 Å². The van der Waals surface area contributed by atoms with Crippen LogP contribution in [0.15, 0.2) is 77.2 Å². The van der Waals surface area contributed by atoms with E-state index in [1.54, 1.807) is 24.5 Å². The first-order valence-electron chi connectivity index (χ1n) is 9.25. The molecule has 0 aliphatic carbocycles. The monoisotopic (exact) mass is 436 g/mol. The van der Waals surface area contributed by atoms with Gasteiger partial charge in [-0.3, -0.25) is 9.55 Å². The third-order valence-corrected chi connectivity index (χ3v) is 5.40. The highest BCUT2D eigenvalue weighted by atomic mass is 32.2. The Morgan fingerprint density at radius 1 is 0.871 bits per heavy atom. The predicted octanol–water partition coefficient (Wildman–Crippen LogP) is 3.91. The minimum atomic E-state index is -2.78. The van der Waals surface area contributed by atoms with Gasteiger partial charge in [0.2, 0.25) is 5.82 Å². The summed E-state index contributed by atoms with van der Waals surface area (Å²) in [5, 5.41) is 21.3. The molecule has 0 unspecified atom stereocenters. The largest absolute Gasteiger partial charge is 0.299 e. The lowest BCUT2D eigenvalue weighted by atomic mass is 10.2. The number of halogens is 2. The smallest absolute Gasteiger partial charge is 0.297 e. The van der Waals surface area contributed by atoms with Crippen LogP contribution in [-0.4, -0.2) is 39.6 Å². The van der Waals surface area contributed by atoms with Crippen molar-refractivity contribution in [2.75, 3.05) is 0 Å². The van der Waals surface area contributed by atoms with Crippen molar-refractivity contribution in [1.29, 1.82) is 0 Å². The zero-order valence-corrected chi connectivity index (χ0v) is 16.7. The van der Waals surface area contributed by atoms with Gasteiger partial charge < -0.3 is 0 Å². The van der Waals surface area contributed by atoms with Crippen LogP contribution >= 0.6 is 11.8 Å². The molecule has 11 heteroatoms. The lowest BCUT2D eigenvalue weighted by Gasteiger charge is -2.10. The number of benzene rings is 1. The SMILES string of the molecule is FC(F)c1nnc2ccc(Sc3nnc(-c4ccncc4)n3Cc3ccccc3)nn12. The number of fused-ring (bicyclic) bond motifs is 1. The summed E-state index contributed by atoms with van der Waals surface area (Å²) in [6.45, 7) is 0.533. The topological polar surface area (TPSA) is 86.7 Å². The average Bonchev–Trinajstić information content (AvgIpc) is 3.39. The fourth-order valence-corrected chi connectivity index (χ4v) is 3.85. The van der Waals surface area contributed by atoms with Crippen molar-refractivity contribution < 1.29 is 8.78 Å². The summed E-state index contributed by atoms with van der Waals surface area (Å²) in [7, 11) is 0. The molecule has 0 N–H and O–H groups in total. The number of aromatic nitrogens is 8. The van der Waals surface area contributed by atoms with Crippen LogP contribution < -0.4 is 0 Å². The maximum absolute atomic E-state index is 13.2. The quantitative estimate of drug-likeness (QED) is 0.399. The van der Waals surface area contributed by atoms with Gasteiger partial charge in [-0.05, 0) is 41.6 Å². The van der Waals surface area contributed by atoms with Crippen LogP contribution in [0.2, 0.25) is 0 Å². The number of alkyl halides is 2. The van der Waals surface area contributed by atoms with Gasteiger partial charge in [0, 0.05) is 18.0 Å². The summed E-state index contributed by atoms with van der Waals surface area (Å²) >= 11 is 1.23. The maximum atomic E-state index is 13.2. The molecule has 0 bridgehead atoms. The van der Waals surface area contributed by atoms with Gasteiger partial charge in [0.05, 0.1) is 6.54 Å². The van der Waals surface area contributed by atoms with Crippen LogP contribution in [0.4, 0.5) is 8.78 Å². The van der Waals surface area contributed by atoms with Crippen LogP contribution in [0.1, 0.15) is 17.8 Å². The molecule has 1 aromatic carbocycles. The Morgan fingerprint density at radius 3 is 2.45 bits per heavy atom. The van der Waals surface area contributed by atoms with E-state index >= 15 is 0 Å². The fraction of sp³-hybridized carbons (Fsp3) is 0.100. The van der Waals surface area contributed by atoms with Crippen molar-refractivity contribution in [3.8, 4) is 11.4 Å². The van der Waals surface area contributed by atoms with E-state index in [0.717, 1.165) is 15.6 Å². The van der Waals surface area contributed by atoms with Crippen molar-refractivity contribution >= 4 is 17.4 Å². The van der Waals surface area contributed by atoms with Crippen LogP contribution in [-0.2, 0) is 6.54 Å². The first kappa shape index (κ1) is 19.2. The molecule has 0 atom stereocenters. The predicted molar refractivity (Wildman–Crippen MR) is 109 cm³/mol. The molecule has 0 aliphatic rings. The summed E-state index contributed by atoms with van der Waals surface area (Å²) in [4.78, 5) is 4.06. The molecular formula is C20H14F2N8S. The zero-order valence-electron chi connectivity index (χ0n) is 15.9. The second kappa shape index (κ2) is 8.19. The molecule has 4 heterocycles. The number of hydrogen-bond acceptors (Lipinski definition) is 7. The molecule has 5 aromatic rings. The standard InChI is InChI=1S/C20H14F2N8S/c21-17(22)19-26-24-15-6-7-16(28-30(15)19)31-20-27-25-18(14-8-10-23-11-9-14)29(20)12-13-4-2-1-3-5-13/h1-11,17H,12H2. The molecule has 31 heavy (non-hydrogen) atoms. The molecule has 0 fully saturated rings. The Kier molecular flexibility index (Phi) is 5.08. The van der Waals surface area contributed by atoms with Crippen molar-refractivity contribution in [3.63, 3.8) is 0 Å². The number of hydrogen-bond donors (Lipinski definition) is 0. The molecule has 5 rings (SSSR count). The summed E-state index contributed by atoms with van der Waals surface area (Å²) in [6.07, 6.45) is 0.608. The zero-order chi connectivity index (χ0) is 21.2. The van der Waals surface area contributed by atoms with Gasteiger partial charge in [0.1, 0.15) is 5.03 Å². The summed E-state index contributed by atoms with van der Waals surface area (Å²) in [5.74, 6) is 0.174. The fourth-order valence-electron chi connectivity index (χ4n) is 3.06. The van der Waals surface area contributed by atoms with E-state index in [2.05, 4.69) is 30.5 Å². The van der Waals surface area contributed by atoms with Crippen molar-refractivity contribution in [2.24, 2.45) is 0 Å². The normalized spacial score (nSPS) is 11.5. The number of pyridine rings is 1. The highest BCUT2D eigenvalue weighted by molar-refractivity contribution is 7.99. The third kappa shape index (κ3) is 3.87. The van der Waals surface area contributed by atoms with E-state index in [4.69, 9.17) is 0 Å². The highest BCUT2D eigenvalue weighted by Gasteiger charge is 2.19. The Bertz CT molecular complexity index is 1320.